The van der Waals surface area contributed by atoms with Crippen LogP contribution in [0.15, 0.2) is 30.0 Å². The van der Waals surface area contributed by atoms with Crippen LogP contribution in [0.4, 0.5) is 24.5 Å². The summed E-state index contributed by atoms with van der Waals surface area (Å²) in [7, 11) is 0. The summed E-state index contributed by atoms with van der Waals surface area (Å²) in [5, 5.41) is 0. The topological polar surface area (TPSA) is 29.3 Å². The lowest BCUT2D eigenvalue weighted by Gasteiger charge is -2.39. The van der Waals surface area contributed by atoms with E-state index >= 15 is 0 Å². The normalized spacial score (nSPS) is 22.7. The third-order valence-electron chi connectivity index (χ3n) is 4.35. The van der Waals surface area contributed by atoms with Crippen molar-refractivity contribution in [3.8, 4) is 0 Å². The molecule has 1 aromatic carbocycles. The number of piperidine rings is 1. The first-order chi connectivity index (χ1) is 9.95. The molecule has 2 nitrogen and oxygen atoms in total. The van der Waals surface area contributed by atoms with Crippen LogP contribution < -0.4 is 10.6 Å². The highest BCUT2D eigenvalue weighted by Gasteiger charge is 2.33. The molecule has 1 aromatic rings. The Kier molecular flexibility index (Phi) is 3.59. The molecule has 2 aliphatic rings. The van der Waals surface area contributed by atoms with Crippen molar-refractivity contribution >= 4 is 11.4 Å². The van der Waals surface area contributed by atoms with Crippen molar-refractivity contribution in [1.82, 2.24) is 0 Å². The molecule has 2 N–H and O–H groups in total. The van der Waals surface area contributed by atoms with Crippen molar-refractivity contribution in [2.45, 2.75) is 38.3 Å². The van der Waals surface area contributed by atoms with E-state index in [-0.39, 0.29) is 5.69 Å². The summed E-state index contributed by atoms with van der Waals surface area (Å²) in [4.78, 5) is 2.03. The number of anilines is 2. The number of fused-ring (bicyclic) bond motifs is 1. The van der Waals surface area contributed by atoms with Crippen LogP contribution in [-0.2, 0) is 6.18 Å². The van der Waals surface area contributed by atoms with Crippen molar-refractivity contribution in [2.75, 3.05) is 17.2 Å². The number of nitrogen functional groups attached to an aromatic ring is 1. The molecule has 3 rings (SSSR count). The minimum Gasteiger partial charge on any atom is -0.399 e. The van der Waals surface area contributed by atoms with Gasteiger partial charge >= 0.3 is 6.18 Å². The molecular weight excluding hydrogens is 277 g/mol. The number of rotatable bonds is 1. The lowest BCUT2D eigenvalue weighted by Crippen LogP contribution is -2.34. The van der Waals surface area contributed by atoms with Crippen LogP contribution in [0.5, 0.6) is 0 Å². The minimum atomic E-state index is -4.36. The first-order valence-electron chi connectivity index (χ1n) is 7.40. The van der Waals surface area contributed by atoms with Gasteiger partial charge in [-0.1, -0.05) is 6.08 Å². The van der Waals surface area contributed by atoms with E-state index in [0.29, 0.717) is 11.6 Å². The van der Waals surface area contributed by atoms with E-state index in [1.165, 1.54) is 18.2 Å². The first-order valence-corrected chi connectivity index (χ1v) is 7.40. The molecular formula is C16H19F3N2. The highest BCUT2D eigenvalue weighted by atomic mass is 19.4. The molecule has 21 heavy (non-hydrogen) atoms. The van der Waals surface area contributed by atoms with Crippen molar-refractivity contribution in [1.29, 1.82) is 0 Å². The van der Waals surface area contributed by atoms with E-state index in [4.69, 9.17) is 5.73 Å². The number of hydrogen-bond donors (Lipinski definition) is 1. The van der Waals surface area contributed by atoms with Crippen molar-refractivity contribution in [2.24, 2.45) is 5.92 Å². The van der Waals surface area contributed by atoms with Crippen LogP contribution in [0.2, 0.25) is 0 Å². The zero-order valence-electron chi connectivity index (χ0n) is 11.8. The molecule has 0 bridgehead atoms. The fraction of sp³-hybridized carbons (Fsp3) is 0.500. The SMILES string of the molecule is Nc1cc(N2CCC[C@H]3CCCC=C32)cc(C(F)(F)F)c1. The van der Waals surface area contributed by atoms with Gasteiger partial charge in [-0.05, 0) is 56.2 Å². The summed E-state index contributed by atoms with van der Waals surface area (Å²) < 4.78 is 38.9. The number of halogens is 3. The van der Waals surface area contributed by atoms with Crippen LogP contribution in [0, 0.1) is 5.92 Å². The summed E-state index contributed by atoms with van der Waals surface area (Å²) in [5.41, 5.74) is 6.94. The molecule has 0 unspecified atom stereocenters. The van der Waals surface area contributed by atoms with Gasteiger partial charge in [-0.25, -0.2) is 0 Å². The molecule has 5 heteroatoms. The molecule has 1 aliphatic heterocycles. The van der Waals surface area contributed by atoms with Gasteiger partial charge in [-0.3, -0.25) is 0 Å². The van der Waals surface area contributed by atoms with Gasteiger partial charge in [0.1, 0.15) is 0 Å². The van der Waals surface area contributed by atoms with Crippen molar-refractivity contribution in [3.63, 3.8) is 0 Å². The number of allylic oxidation sites excluding steroid dienone is 2. The molecule has 1 saturated heterocycles. The molecule has 0 spiro atoms. The summed E-state index contributed by atoms with van der Waals surface area (Å²) in [6.45, 7) is 0.767. The quantitative estimate of drug-likeness (QED) is 0.769. The number of nitrogens with two attached hydrogens (primary N) is 1. The fourth-order valence-corrected chi connectivity index (χ4v) is 3.41. The third kappa shape index (κ3) is 2.87. The van der Waals surface area contributed by atoms with E-state index in [0.717, 1.165) is 38.3 Å². The van der Waals surface area contributed by atoms with Crippen LogP contribution in [0.3, 0.4) is 0 Å². The van der Waals surface area contributed by atoms with Gasteiger partial charge in [0.2, 0.25) is 0 Å². The average molecular weight is 296 g/mol. The third-order valence-corrected chi connectivity index (χ3v) is 4.35. The summed E-state index contributed by atoms with van der Waals surface area (Å²) in [5.74, 6) is 0.489. The predicted molar refractivity (Wildman–Crippen MR) is 77.9 cm³/mol. The first kappa shape index (κ1) is 14.3. The Bertz CT molecular complexity index is 563. The van der Waals surface area contributed by atoms with Crippen molar-refractivity contribution < 1.29 is 13.2 Å². The Morgan fingerprint density at radius 3 is 2.62 bits per heavy atom. The van der Waals surface area contributed by atoms with E-state index in [2.05, 4.69) is 6.08 Å². The average Bonchev–Trinajstić information content (AvgIpc) is 2.45. The maximum Gasteiger partial charge on any atom is 0.416 e. The number of nitrogens with zero attached hydrogens (tertiary/aromatic N) is 1. The maximum atomic E-state index is 13.0. The van der Waals surface area contributed by atoms with Gasteiger partial charge in [0.15, 0.2) is 0 Å². The minimum absolute atomic E-state index is 0.165. The fourth-order valence-electron chi connectivity index (χ4n) is 3.41. The van der Waals surface area contributed by atoms with Gasteiger partial charge in [-0.15, -0.1) is 0 Å². The van der Waals surface area contributed by atoms with E-state index in [1.807, 2.05) is 4.90 Å². The lowest BCUT2D eigenvalue weighted by atomic mass is 9.84. The molecule has 0 aromatic heterocycles. The highest BCUT2D eigenvalue weighted by molar-refractivity contribution is 5.62. The molecule has 1 atom stereocenters. The van der Waals surface area contributed by atoms with Gasteiger partial charge in [-0.2, -0.15) is 13.2 Å². The molecule has 0 amide bonds. The highest BCUT2D eigenvalue weighted by Crippen LogP contribution is 2.40. The number of benzene rings is 1. The van der Waals surface area contributed by atoms with E-state index in [9.17, 15) is 13.2 Å². The second kappa shape index (κ2) is 5.28. The molecule has 114 valence electrons. The summed E-state index contributed by atoms with van der Waals surface area (Å²) >= 11 is 0. The second-order valence-electron chi connectivity index (χ2n) is 5.86. The zero-order chi connectivity index (χ0) is 15.0. The number of hydrogen-bond acceptors (Lipinski definition) is 2. The zero-order valence-corrected chi connectivity index (χ0v) is 11.8. The molecule has 0 radical (unpaired) electrons. The van der Waals surface area contributed by atoms with Gasteiger partial charge in [0, 0.05) is 23.6 Å². The summed E-state index contributed by atoms with van der Waals surface area (Å²) in [6, 6.07) is 3.86. The van der Waals surface area contributed by atoms with Crippen LogP contribution in [-0.4, -0.2) is 6.54 Å². The molecule has 1 heterocycles. The van der Waals surface area contributed by atoms with Crippen LogP contribution >= 0.6 is 0 Å². The molecule has 0 saturated carbocycles. The van der Waals surface area contributed by atoms with Crippen LogP contribution in [0.1, 0.15) is 37.7 Å². The van der Waals surface area contributed by atoms with E-state index < -0.39 is 11.7 Å². The maximum absolute atomic E-state index is 13.0. The standard InChI is InChI=1S/C16H19F3N2/c17-16(18,19)12-8-13(20)10-14(9-12)21-7-3-5-11-4-1-2-6-15(11)21/h6,8-11H,1-5,7,20H2/t11-/m1/s1. The lowest BCUT2D eigenvalue weighted by molar-refractivity contribution is -0.137. The Hall–Kier alpha value is -1.65. The predicted octanol–water partition coefficient (Wildman–Crippen LogP) is 4.57. The van der Waals surface area contributed by atoms with Gasteiger partial charge in [0.05, 0.1) is 5.56 Å². The van der Waals surface area contributed by atoms with Gasteiger partial charge in [0.25, 0.3) is 0 Å². The molecule has 1 fully saturated rings. The Morgan fingerprint density at radius 1 is 1.10 bits per heavy atom. The van der Waals surface area contributed by atoms with Crippen molar-refractivity contribution in [3.05, 3.63) is 35.5 Å². The largest absolute Gasteiger partial charge is 0.416 e. The Balaban J connectivity index is 1.99. The Labute approximate surface area is 122 Å². The van der Waals surface area contributed by atoms with Crippen LogP contribution in [0.25, 0.3) is 0 Å². The Morgan fingerprint density at radius 2 is 1.86 bits per heavy atom. The summed E-state index contributed by atoms with van der Waals surface area (Å²) in [6.07, 6.45) is 3.29. The smallest absolute Gasteiger partial charge is 0.399 e. The van der Waals surface area contributed by atoms with E-state index in [1.54, 1.807) is 6.07 Å². The number of alkyl halides is 3. The second-order valence-corrected chi connectivity index (χ2v) is 5.86. The molecule has 1 aliphatic carbocycles. The van der Waals surface area contributed by atoms with Gasteiger partial charge < -0.3 is 10.6 Å². The monoisotopic (exact) mass is 296 g/mol.